The van der Waals surface area contributed by atoms with E-state index in [0.29, 0.717) is 11.8 Å². The summed E-state index contributed by atoms with van der Waals surface area (Å²) in [5.74, 6) is 1.85. The van der Waals surface area contributed by atoms with E-state index < -0.39 is 0 Å². The number of nitrogens with two attached hydrogens (primary N) is 1. The van der Waals surface area contributed by atoms with E-state index >= 15 is 0 Å². The summed E-state index contributed by atoms with van der Waals surface area (Å²) in [6.07, 6.45) is 2.90. The summed E-state index contributed by atoms with van der Waals surface area (Å²) < 4.78 is 10.3. The fourth-order valence-electron chi connectivity index (χ4n) is 2.62. The van der Waals surface area contributed by atoms with Gasteiger partial charge in [-0.15, -0.1) is 0 Å². The highest BCUT2D eigenvalue weighted by atomic mass is 16.5. The largest absolute Gasteiger partial charge is 0.497 e. The van der Waals surface area contributed by atoms with Crippen molar-refractivity contribution in [1.29, 1.82) is 0 Å². The number of benzene rings is 1. The zero-order chi connectivity index (χ0) is 12.5. The van der Waals surface area contributed by atoms with Gasteiger partial charge in [0.2, 0.25) is 5.88 Å². The molecular formula is C14H16N2O2. The van der Waals surface area contributed by atoms with Crippen molar-refractivity contribution in [2.45, 2.75) is 25.2 Å². The molecule has 1 aromatic heterocycles. The van der Waals surface area contributed by atoms with Crippen molar-refractivity contribution in [3.63, 3.8) is 0 Å². The van der Waals surface area contributed by atoms with Gasteiger partial charge in [-0.05, 0) is 36.5 Å². The van der Waals surface area contributed by atoms with Gasteiger partial charge in [-0.25, -0.2) is 0 Å². The summed E-state index contributed by atoms with van der Waals surface area (Å²) in [4.78, 5) is 0. The number of nitrogen functional groups attached to an aromatic ring is 1. The van der Waals surface area contributed by atoms with Crippen molar-refractivity contribution < 1.29 is 9.26 Å². The summed E-state index contributed by atoms with van der Waals surface area (Å²) in [5.41, 5.74) is 9.13. The van der Waals surface area contributed by atoms with Crippen molar-refractivity contribution >= 4 is 5.88 Å². The van der Waals surface area contributed by atoms with Crippen LogP contribution in [-0.2, 0) is 12.8 Å². The highest BCUT2D eigenvalue weighted by Crippen LogP contribution is 2.35. The van der Waals surface area contributed by atoms with Gasteiger partial charge in [-0.1, -0.05) is 17.3 Å². The lowest BCUT2D eigenvalue weighted by atomic mass is 9.83. The smallest absolute Gasteiger partial charge is 0.225 e. The summed E-state index contributed by atoms with van der Waals surface area (Å²) in [7, 11) is 1.69. The number of fused-ring (bicyclic) bond motifs is 1. The molecule has 1 atom stereocenters. The minimum Gasteiger partial charge on any atom is -0.497 e. The summed E-state index contributed by atoms with van der Waals surface area (Å²) in [6, 6.07) is 8.23. The molecule has 1 aromatic carbocycles. The molecule has 3 rings (SSSR count). The predicted molar refractivity (Wildman–Crippen MR) is 68.7 cm³/mol. The maximum absolute atomic E-state index is 5.74. The third-order valence-electron chi connectivity index (χ3n) is 3.65. The first-order chi connectivity index (χ1) is 8.78. The SMILES string of the molecule is COc1cccc(C2CCc3c(noc3N)C2)c1. The van der Waals surface area contributed by atoms with E-state index in [1.165, 1.54) is 5.56 Å². The van der Waals surface area contributed by atoms with E-state index in [2.05, 4.69) is 17.3 Å². The van der Waals surface area contributed by atoms with Crippen LogP contribution in [0.3, 0.4) is 0 Å². The highest BCUT2D eigenvalue weighted by Gasteiger charge is 2.25. The Hall–Kier alpha value is -1.97. The first kappa shape index (κ1) is 11.1. The van der Waals surface area contributed by atoms with E-state index in [1.54, 1.807) is 7.11 Å². The number of ether oxygens (including phenoxy) is 1. The number of methoxy groups -OCH3 is 1. The lowest BCUT2D eigenvalue weighted by molar-refractivity contribution is 0.412. The Morgan fingerprint density at radius 2 is 2.33 bits per heavy atom. The van der Waals surface area contributed by atoms with Crippen LogP contribution in [0.25, 0.3) is 0 Å². The first-order valence-corrected chi connectivity index (χ1v) is 6.14. The van der Waals surface area contributed by atoms with Crippen molar-refractivity contribution in [3.8, 4) is 5.75 Å². The molecule has 0 saturated carbocycles. The van der Waals surface area contributed by atoms with E-state index in [-0.39, 0.29) is 0 Å². The number of rotatable bonds is 2. The normalized spacial score (nSPS) is 18.4. The lowest BCUT2D eigenvalue weighted by Gasteiger charge is -2.21. The van der Waals surface area contributed by atoms with Crippen LogP contribution in [0.5, 0.6) is 5.75 Å². The van der Waals surface area contributed by atoms with Crippen LogP contribution in [0.4, 0.5) is 5.88 Å². The molecule has 0 saturated heterocycles. The Morgan fingerprint density at radius 3 is 3.17 bits per heavy atom. The topological polar surface area (TPSA) is 61.3 Å². The molecule has 18 heavy (non-hydrogen) atoms. The fraction of sp³-hybridized carbons (Fsp3) is 0.357. The van der Waals surface area contributed by atoms with Gasteiger partial charge < -0.3 is 15.0 Å². The van der Waals surface area contributed by atoms with Crippen LogP contribution in [0.2, 0.25) is 0 Å². The second kappa shape index (κ2) is 4.37. The fourth-order valence-corrected chi connectivity index (χ4v) is 2.62. The average Bonchev–Trinajstić information content (AvgIpc) is 2.80. The Bertz CT molecular complexity index is 563. The van der Waals surface area contributed by atoms with Gasteiger partial charge in [-0.3, -0.25) is 0 Å². The molecule has 4 nitrogen and oxygen atoms in total. The van der Waals surface area contributed by atoms with Crippen LogP contribution < -0.4 is 10.5 Å². The summed E-state index contributed by atoms with van der Waals surface area (Å²) >= 11 is 0. The summed E-state index contributed by atoms with van der Waals surface area (Å²) in [5, 5.41) is 4.04. The molecule has 2 N–H and O–H groups in total. The zero-order valence-electron chi connectivity index (χ0n) is 10.3. The molecule has 0 amide bonds. The Labute approximate surface area is 106 Å². The van der Waals surface area contributed by atoms with Crippen molar-refractivity contribution in [2.75, 3.05) is 12.8 Å². The van der Waals surface area contributed by atoms with Crippen molar-refractivity contribution in [1.82, 2.24) is 5.16 Å². The van der Waals surface area contributed by atoms with Gasteiger partial charge in [0.25, 0.3) is 0 Å². The van der Waals surface area contributed by atoms with E-state index in [4.69, 9.17) is 15.0 Å². The van der Waals surface area contributed by atoms with Crippen LogP contribution in [0.1, 0.15) is 29.2 Å². The zero-order valence-corrected chi connectivity index (χ0v) is 10.3. The number of aromatic nitrogens is 1. The Kier molecular flexibility index (Phi) is 2.70. The molecule has 1 aliphatic carbocycles. The van der Waals surface area contributed by atoms with Gasteiger partial charge in [-0.2, -0.15) is 0 Å². The van der Waals surface area contributed by atoms with E-state index in [0.717, 1.165) is 36.3 Å². The van der Waals surface area contributed by atoms with Gasteiger partial charge in [0.1, 0.15) is 5.75 Å². The molecule has 4 heteroatoms. The molecule has 1 heterocycles. The molecule has 0 bridgehead atoms. The molecule has 2 aromatic rings. The third-order valence-corrected chi connectivity index (χ3v) is 3.65. The van der Waals surface area contributed by atoms with Crippen molar-refractivity contribution in [2.24, 2.45) is 0 Å². The van der Waals surface area contributed by atoms with E-state index in [1.807, 2.05) is 12.1 Å². The second-order valence-electron chi connectivity index (χ2n) is 4.69. The molecule has 1 unspecified atom stereocenters. The van der Waals surface area contributed by atoms with E-state index in [9.17, 15) is 0 Å². The molecule has 94 valence electrons. The Morgan fingerprint density at radius 1 is 1.44 bits per heavy atom. The lowest BCUT2D eigenvalue weighted by Crippen LogP contribution is -2.12. The van der Waals surface area contributed by atoms with Crippen LogP contribution in [-0.4, -0.2) is 12.3 Å². The number of nitrogens with zero attached hydrogens (tertiary/aromatic N) is 1. The van der Waals surface area contributed by atoms with Gasteiger partial charge in [0.15, 0.2) is 0 Å². The quantitative estimate of drug-likeness (QED) is 0.881. The van der Waals surface area contributed by atoms with Gasteiger partial charge >= 0.3 is 0 Å². The standard InChI is InChI=1S/C14H16N2O2/c1-17-11-4-2-3-9(7-11)10-5-6-12-13(8-10)16-18-14(12)15/h2-4,7,10H,5-6,8,15H2,1H3. The number of hydrogen-bond acceptors (Lipinski definition) is 4. The van der Waals surface area contributed by atoms with Gasteiger partial charge in [0, 0.05) is 12.0 Å². The molecule has 1 aliphatic rings. The second-order valence-corrected chi connectivity index (χ2v) is 4.69. The number of anilines is 1. The number of hydrogen-bond donors (Lipinski definition) is 1. The van der Waals surface area contributed by atoms with Crippen LogP contribution in [0.15, 0.2) is 28.8 Å². The maximum atomic E-state index is 5.74. The molecule has 0 fully saturated rings. The van der Waals surface area contributed by atoms with Gasteiger partial charge in [0.05, 0.1) is 12.8 Å². The first-order valence-electron chi connectivity index (χ1n) is 6.14. The van der Waals surface area contributed by atoms with Crippen LogP contribution in [0, 0.1) is 0 Å². The van der Waals surface area contributed by atoms with Crippen LogP contribution >= 0.6 is 0 Å². The maximum Gasteiger partial charge on any atom is 0.225 e. The average molecular weight is 244 g/mol. The molecule has 0 aliphatic heterocycles. The third kappa shape index (κ3) is 1.83. The monoisotopic (exact) mass is 244 g/mol. The molecule has 0 spiro atoms. The summed E-state index contributed by atoms with van der Waals surface area (Å²) in [6.45, 7) is 0. The predicted octanol–water partition coefficient (Wildman–Crippen LogP) is 2.54. The Balaban J connectivity index is 1.87. The van der Waals surface area contributed by atoms with Crippen molar-refractivity contribution in [3.05, 3.63) is 41.1 Å². The molecule has 0 radical (unpaired) electrons. The minimum atomic E-state index is 0.470. The highest BCUT2D eigenvalue weighted by molar-refractivity contribution is 5.42. The minimum absolute atomic E-state index is 0.470. The molecular weight excluding hydrogens is 228 g/mol.